The third kappa shape index (κ3) is 16.5. The van der Waals surface area contributed by atoms with Crippen molar-refractivity contribution >= 4 is 17.9 Å². The van der Waals surface area contributed by atoms with Crippen molar-refractivity contribution in [1.82, 2.24) is 0 Å². The molecule has 0 aliphatic heterocycles. The van der Waals surface area contributed by atoms with Gasteiger partial charge in [-0.05, 0) is 67.3 Å². The molecule has 0 amide bonds. The average Bonchev–Trinajstić information content (AvgIpc) is 3.06. The summed E-state index contributed by atoms with van der Waals surface area (Å²) in [6, 6.07) is 13.2. The van der Waals surface area contributed by atoms with Crippen molar-refractivity contribution < 1.29 is 43.5 Å². The van der Waals surface area contributed by atoms with Crippen LogP contribution in [0.1, 0.15) is 112 Å². The second kappa shape index (κ2) is 23.0. The number of ether oxygens (including phenoxy) is 4. The Morgan fingerprint density at radius 3 is 1.67 bits per heavy atom. The first-order valence-corrected chi connectivity index (χ1v) is 16.5. The summed E-state index contributed by atoms with van der Waals surface area (Å²) >= 11 is 0. The van der Waals surface area contributed by atoms with E-state index >= 15 is 0 Å². The molecule has 0 aromatic heterocycles. The summed E-state index contributed by atoms with van der Waals surface area (Å²) in [5.74, 6) is -0.298. The van der Waals surface area contributed by atoms with Gasteiger partial charge in [0.1, 0.15) is 11.5 Å². The van der Waals surface area contributed by atoms with Crippen LogP contribution >= 0.6 is 0 Å². The van der Waals surface area contributed by atoms with Crippen molar-refractivity contribution in [2.45, 2.75) is 90.9 Å². The van der Waals surface area contributed by atoms with E-state index < -0.39 is 17.9 Å². The van der Waals surface area contributed by atoms with Crippen molar-refractivity contribution in [3.05, 3.63) is 59.7 Å². The molecule has 2 aromatic rings. The lowest BCUT2D eigenvalue weighted by Crippen LogP contribution is -2.18. The van der Waals surface area contributed by atoms with E-state index in [0.717, 1.165) is 38.5 Å². The van der Waals surface area contributed by atoms with Crippen molar-refractivity contribution in [3.8, 4) is 11.5 Å². The summed E-state index contributed by atoms with van der Waals surface area (Å²) in [4.78, 5) is 36.3. The fraction of sp³-hybridized carbons (Fsp3) is 0.583. The van der Waals surface area contributed by atoms with Gasteiger partial charge in [-0.15, -0.1) is 0 Å². The van der Waals surface area contributed by atoms with Gasteiger partial charge in [0.2, 0.25) is 0 Å². The van der Waals surface area contributed by atoms with Crippen LogP contribution in [0.2, 0.25) is 0 Å². The van der Waals surface area contributed by atoms with Crippen LogP contribution in [0.5, 0.6) is 11.5 Å². The molecular formula is C36H52O9. The number of aliphatic hydroxyl groups excluding tert-OH is 2. The fourth-order valence-electron chi connectivity index (χ4n) is 4.41. The van der Waals surface area contributed by atoms with Crippen LogP contribution in [0.3, 0.4) is 0 Å². The maximum atomic E-state index is 12.5. The Hall–Kier alpha value is -3.43. The summed E-state index contributed by atoms with van der Waals surface area (Å²) in [5.41, 5.74) is 0.824. The number of aliphatic hydroxyl groups is 2. The van der Waals surface area contributed by atoms with Gasteiger partial charge in [0.15, 0.2) is 0 Å². The van der Waals surface area contributed by atoms with E-state index in [-0.39, 0.29) is 25.6 Å². The Morgan fingerprint density at radius 1 is 0.644 bits per heavy atom. The van der Waals surface area contributed by atoms with Gasteiger partial charge in [0.25, 0.3) is 0 Å². The molecule has 0 radical (unpaired) electrons. The van der Waals surface area contributed by atoms with Crippen LogP contribution in [0, 0.1) is 11.8 Å². The SMILES string of the molecule is CCC(C)COC(=O)c1ccc(OC(=O)c2ccc(OCCCCCCCCCCCCOC(=O)CC(CO)CO)cc2)cc1. The first kappa shape index (κ1) is 37.8. The molecule has 0 aliphatic carbocycles. The first-order chi connectivity index (χ1) is 21.9. The molecule has 0 saturated heterocycles. The van der Waals surface area contributed by atoms with Crippen LogP contribution in [-0.4, -0.2) is 61.2 Å². The van der Waals surface area contributed by atoms with Gasteiger partial charge >= 0.3 is 17.9 Å². The number of hydrogen-bond acceptors (Lipinski definition) is 9. The minimum absolute atomic E-state index is 0.0591. The molecule has 9 heteroatoms. The van der Waals surface area contributed by atoms with E-state index in [0.29, 0.717) is 48.4 Å². The zero-order chi connectivity index (χ0) is 32.7. The highest BCUT2D eigenvalue weighted by molar-refractivity contribution is 5.92. The molecule has 2 aromatic carbocycles. The lowest BCUT2D eigenvalue weighted by Gasteiger charge is -2.10. The minimum atomic E-state index is -0.484. The summed E-state index contributed by atoms with van der Waals surface area (Å²) < 4.78 is 21.7. The van der Waals surface area contributed by atoms with Gasteiger partial charge in [0, 0.05) is 19.1 Å². The molecular weight excluding hydrogens is 576 g/mol. The van der Waals surface area contributed by atoms with Crippen LogP contribution < -0.4 is 9.47 Å². The van der Waals surface area contributed by atoms with Crippen molar-refractivity contribution in [2.24, 2.45) is 11.8 Å². The Morgan fingerprint density at radius 2 is 1.13 bits per heavy atom. The molecule has 0 fully saturated rings. The Kier molecular flexibility index (Phi) is 19.3. The van der Waals surface area contributed by atoms with Gasteiger partial charge in [-0.2, -0.15) is 0 Å². The van der Waals surface area contributed by atoms with Gasteiger partial charge in [-0.3, -0.25) is 4.79 Å². The minimum Gasteiger partial charge on any atom is -0.494 e. The highest BCUT2D eigenvalue weighted by Gasteiger charge is 2.14. The van der Waals surface area contributed by atoms with E-state index in [1.165, 1.54) is 32.1 Å². The highest BCUT2D eigenvalue weighted by atomic mass is 16.5. The molecule has 0 saturated carbocycles. The van der Waals surface area contributed by atoms with Crippen molar-refractivity contribution in [2.75, 3.05) is 33.0 Å². The number of carbonyl (C=O) groups excluding carboxylic acids is 3. The second-order valence-corrected chi connectivity index (χ2v) is 11.6. The number of esters is 3. The average molecular weight is 629 g/mol. The molecule has 0 bridgehead atoms. The molecule has 2 N–H and O–H groups in total. The summed E-state index contributed by atoms with van der Waals surface area (Å²) in [6.45, 7) is 5.05. The maximum absolute atomic E-state index is 12.5. The van der Waals surface area contributed by atoms with Crippen molar-refractivity contribution in [1.29, 1.82) is 0 Å². The first-order valence-electron chi connectivity index (χ1n) is 16.5. The maximum Gasteiger partial charge on any atom is 0.343 e. The monoisotopic (exact) mass is 628 g/mol. The topological polar surface area (TPSA) is 129 Å². The second-order valence-electron chi connectivity index (χ2n) is 11.6. The van der Waals surface area contributed by atoms with Crippen molar-refractivity contribution in [3.63, 3.8) is 0 Å². The normalized spacial score (nSPS) is 11.7. The van der Waals surface area contributed by atoms with Crippen LogP contribution in [0.25, 0.3) is 0 Å². The predicted octanol–water partition coefficient (Wildman–Crippen LogP) is 6.92. The van der Waals surface area contributed by atoms with Crippen LogP contribution in [-0.2, 0) is 14.3 Å². The zero-order valence-electron chi connectivity index (χ0n) is 27.0. The summed E-state index contributed by atoms with van der Waals surface area (Å²) in [7, 11) is 0. The third-order valence-corrected chi connectivity index (χ3v) is 7.63. The molecule has 45 heavy (non-hydrogen) atoms. The van der Waals surface area contributed by atoms with Gasteiger partial charge in [-0.1, -0.05) is 71.6 Å². The summed E-state index contributed by atoms with van der Waals surface area (Å²) in [5, 5.41) is 18.0. The standard InChI is InChI=1S/C36H52O9/c1-3-28(2)27-44-35(40)30-16-20-33(21-17-30)45-36(41)31-14-18-32(19-15-31)42-22-12-10-8-6-4-5-7-9-11-13-23-43-34(39)24-29(25-37)26-38/h14-21,28-29,37-38H,3-13,22-27H2,1-2H3. The van der Waals surface area contributed by atoms with Crippen LogP contribution in [0.4, 0.5) is 0 Å². The van der Waals surface area contributed by atoms with Gasteiger partial charge in [0.05, 0.1) is 37.4 Å². The van der Waals surface area contributed by atoms with E-state index in [1.54, 1.807) is 48.5 Å². The van der Waals surface area contributed by atoms with E-state index in [1.807, 2.05) is 13.8 Å². The Labute approximate surface area is 268 Å². The van der Waals surface area contributed by atoms with Crippen LogP contribution in [0.15, 0.2) is 48.5 Å². The molecule has 1 unspecified atom stereocenters. The number of unbranched alkanes of at least 4 members (excludes halogenated alkanes) is 9. The molecule has 1 atom stereocenters. The predicted molar refractivity (Wildman–Crippen MR) is 172 cm³/mol. The highest BCUT2D eigenvalue weighted by Crippen LogP contribution is 2.18. The number of rotatable bonds is 24. The Bertz CT molecular complexity index is 1090. The molecule has 9 nitrogen and oxygen atoms in total. The van der Waals surface area contributed by atoms with E-state index in [9.17, 15) is 14.4 Å². The van der Waals surface area contributed by atoms with Gasteiger partial charge < -0.3 is 29.2 Å². The smallest absolute Gasteiger partial charge is 0.343 e. The van der Waals surface area contributed by atoms with Gasteiger partial charge in [-0.25, -0.2) is 9.59 Å². The molecule has 0 spiro atoms. The zero-order valence-corrected chi connectivity index (χ0v) is 27.0. The number of carbonyl (C=O) groups is 3. The van der Waals surface area contributed by atoms with E-state index in [4.69, 9.17) is 29.2 Å². The van der Waals surface area contributed by atoms with E-state index in [2.05, 4.69) is 0 Å². The fourth-order valence-corrected chi connectivity index (χ4v) is 4.41. The number of benzene rings is 2. The molecule has 2 rings (SSSR count). The lowest BCUT2D eigenvalue weighted by atomic mass is 10.1. The largest absolute Gasteiger partial charge is 0.494 e. The molecule has 0 aliphatic rings. The molecule has 250 valence electrons. The lowest BCUT2D eigenvalue weighted by molar-refractivity contribution is -0.145. The molecule has 0 heterocycles. The Balaban J connectivity index is 1.48. The summed E-state index contributed by atoms with van der Waals surface area (Å²) in [6.07, 6.45) is 12.1. The quantitative estimate of drug-likeness (QED) is 0.0723. The third-order valence-electron chi connectivity index (χ3n) is 7.63. The number of hydrogen-bond donors (Lipinski definition) is 2.